The second-order valence-corrected chi connectivity index (χ2v) is 7.31. The molecule has 0 saturated heterocycles. The number of nitrogens with one attached hydrogen (secondary N) is 1. The predicted molar refractivity (Wildman–Crippen MR) is 94.1 cm³/mol. The summed E-state index contributed by atoms with van der Waals surface area (Å²) in [5.74, 6) is -0.384. The molecule has 4 nitrogen and oxygen atoms in total. The number of halogens is 1. The summed E-state index contributed by atoms with van der Waals surface area (Å²) >= 11 is 7.32. The summed E-state index contributed by atoms with van der Waals surface area (Å²) in [6, 6.07) is 9.32. The van der Waals surface area contributed by atoms with Crippen LogP contribution in [0, 0.1) is 13.8 Å². The lowest BCUT2D eigenvalue weighted by Gasteiger charge is -2.16. The van der Waals surface area contributed by atoms with Crippen LogP contribution in [-0.4, -0.2) is 30.3 Å². The molecular weight excluding hydrogens is 332 g/mol. The molecule has 1 N–H and O–H groups in total. The number of aryl methyl sites for hydroxylation is 2. The van der Waals surface area contributed by atoms with Crippen LogP contribution in [0.5, 0.6) is 0 Å². The molecule has 1 aromatic carbocycles. The van der Waals surface area contributed by atoms with E-state index in [1.807, 2.05) is 44.2 Å². The van der Waals surface area contributed by atoms with E-state index in [0.29, 0.717) is 16.4 Å². The number of likely N-dealkylation sites (N-methyl/N-ethyl adjacent to an activating group) is 1. The molecule has 1 heterocycles. The second-order valence-electron chi connectivity index (χ2n) is 5.51. The number of carbonyl (C=O) groups is 2. The standard InChI is InChI=1S/C17H19ClN2O2S/c1-11-6-12(2)8-13(7-11)17(22)19-9-16(21)20(3)10-14-4-5-15(18)23-14/h4-8H,9-10H2,1-3H3,(H,19,22). The van der Waals surface area contributed by atoms with E-state index in [0.717, 1.165) is 16.0 Å². The molecule has 0 saturated carbocycles. The van der Waals surface area contributed by atoms with Crippen LogP contribution in [0.1, 0.15) is 26.4 Å². The van der Waals surface area contributed by atoms with Crippen molar-refractivity contribution in [3.8, 4) is 0 Å². The Morgan fingerprint density at radius 1 is 1.17 bits per heavy atom. The number of carbonyl (C=O) groups excluding carboxylic acids is 2. The molecule has 23 heavy (non-hydrogen) atoms. The molecule has 122 valence electrons. The second kappa shape index (κ2) is 7.62. The zero-order chi connectivity index (χ0) is 17.0. The van der Waals surface area contributed by atoms with E-state index >= 15 is 0 Å². The Morgan fingerprint density at radius 2 is 1.83 bits per heavy atom. The monoisotopic (exact) mass is 350 g/mol. The maximum atomic E-state index is 12.1. The van der Waals surface area contributed by atoms with E-state index in [-0.39, 0.29) is 18.4 Å². The molecule has 1 aromatic heterocycles. The van der Waals surface area contributed by atoms with Crippen molar-refractivity contribution in [2.75, 3.05) is 13.6 Å². The Morgan fingerprint density at radius 3 is 2.39 bits per heavy atom. The highest BCUT2D eigenvalue weighted by molar-refractivity contribution is 7.16. The van der Waals surface area contributed by atoms with Crippen LogP contribution < -0.4 is 5.32 Å². The lowest BCUT2D eigenvalue weighted by atomic mass is 10.1. The Labute approximate surface area is 145 Å². The van der Waals surface area contributed by atoms with Gasteiger partial charge in [-0.25, -0.2) is 0 Å². The van der Waals surface area contributed by atoms with Crippen LogP contribution in [0.4, 0.5) is 0 Å². The summed E-state index contributed by atoms with van der Waals surface area (Å²) in [4.78, 5) is 26.8. The summed E-state index contributed by atoms with van der Waals surface area (Å²) in [5, 5.41) is 2.67. The normalized spacial score (nSPS) is 10.4. The van der Waals surface area contributed by atoms with Gasteiger partial charge in [-0.1, -0.05) is 28.8 Å². The number of rotatable bonds is 5. The molecule has 2 aromatic rings. The average Bonchev–Trinajstić information content (AvgIpc) is 2.88. The minimum Gasteiger partial charge on any atom is -0.343 e. The van der Waals surface area contributed by atoms with Gasteiger partial charge in [0, 0.05) is 17.5 Å². The fourth-order valence-electron chi connectivity index (χ4n) is 2.26. The third-order valence-corrected chi connectivity index (χ3v) is 4.55. The molecule has 0 aliphatic carbocycles. The lowest BCUT2D eigenvalue weighted by molar-refractivity contribution is -0.129. The van der Waals surface area contributed by atoms with Crippen LogP contribution in [0.2, 0.25) is 4.34 Å². The van der Waals surface area contributed by atoms with E-state index < -0.39 is 0 Å². The van der Waals surface area contributed by atoms with Gasteiger partial charge in [-0.2, -0.15) is 0 Å². The number of thiophene rings is 1. The quantitative estimate of drug-likeness (QED) is 0.898. The number of benzene rings is 1. The van der Waals surface area contributed by atoms with Crippen molar-refractivity contribution < 1.29 is 9.59 Å². The van der Waals surface area contributed by atoms with E-state index in [2.05, 4.69) is 5.32 Å². The molecule has 0 bridgehead atoms. The fraction of sp³-hybridized carbons (Fsp3) is 0.294. The maximum Gasteiger partial charge on any atom is 0.251 e. The number of hydrogen-bond donors (Lipinski definition) is 1. The van der Waals surface area contributed by atoms with Crippen LogP contribution in [0.25, 0.3) is 0 Å². The highest BCUT2D eigenvalue weighted by Gasteiger charge is 2.13. The first-order valence-corrected chi connectivity index (χ1v) is 8.39. The van der Waals surface area contributed by atoms with Gasteiger partial charge in [0.2, 0.25) is 5.91 Å². The van der Waals surface area contributed by atoms with Gasteiger partial charge < -0.3 is 10.2 Å². The number of amides is 2. The first-order chi connectivity index (χ1) is 10.8. The summed E-state index contributed by atoms with van der Waals surface area (Å²) < 4.78 is 0.698. The van der Waals surface area contributed by atoms with Gasteiger partial charge >= 0.3 is 0 Å². The molecule has 0 unspecified atom stereocenters. The third-order valence-electron chi connectivity index (χ3n) is 3.33. The van der Waals surface area contributed by atoms with Crippen molar-refractivity contribution in [2.24, 2.45) is 0 Å². The van der Waals surface area contributed by atoms with Crippen molar-refractivity contribution in [1.29, 1.82) is 0 Å². The van der Waals surface area contributed by atoms with Crippen molar-refractivity contribution >= 4 is 34.8 Å². The molecule has 0 aliphatic rings. The molecule has 2 rings (SSSR count). The SMILES string of the molecule is Cc1cc(C)cc(C(=O)NCC(=O)N(C)Cc2ccc(Cl)s2)c1. The number of hydrogen-bond acceptors (Lipinski definition) is 3. The van der Waals surface area contributed by atoms with Gasteiger partial charge in [0.1, 0.15) is 0 Å². The summed E-state index contributed by atoms with van der Waals surface area (Å²) in [7, 11) is 1.71. The van der Waals surface area contributed by atoms with E-state index in [1.54, 1.807) is 11.9 Å². The van der Waals surface area contributed by atoms with Crippen LogP contribution in [0.3, 0.4) is 0 Å². The minimum atomic E-state index is -0.238. The Kier molecular flexibility index (Phi) is 5.80. The van der Waals surface area contributed by atoms with E-state index in [9.17, 15) is 9.59 Å². The van der Waals surface area contributed by atoms with Crippen molar-refractivity contribution in [1.82, 2.24) is 10.2 Å². The minimum absolute atomic E-state index is 0.0264. The van der Waals surface area contributed by atoms with Crippen molar-refractivity contribution in [3.05, 3.63) is 56.2 Å². The molecular formula is C17H19ClN2O2S. The first kappa shape index (κ1) is 17.5. The Bertz CT molecular complexity index is 707. The smallest absolute Gasteiger partial charge is 0.251 e. The molecule has 0 atom stereocenters. The highest BCUT2D eigenvalue weighted by Crippen LogP contribution is 2.22. The zero-order valence-electron chi connectivity index (χ0n) is 13.4. The summed E-state index contributed by atoms with van der Waals surface area (Å²) in [6.07, 6.45) is 0. The fourth-order valence-corrected chi connectivity index (χ4v) is 3.40. The average molecular weight is 351 g/mol. The van der Waals surface area contributed by atoms with Crippen LogP contribution in [-0.2, 0) is 11.3 Å². The molecule has 0 spiro atoms. The van der Waals surface area contributed by atoms with Gasteiger partial charge in [0.05, 0.1) is 17.4 Å². The van der Waals surface area contributed by atoms with Gasteiger partial charge in [-0.3, -0.25) is 9.59 Å². The lowest BCUT2D eigenvalue weighted by Crippen LogP contribution is -2.37. The number of nitrogens with zero attached hydrogens (tertiary/aromatic N) is 1. The molecule has 0 radical (unpaired) electrons. The van der Waals surface area contributed by atoms with E-state index in [4.69, 9.17) is 11.6 Å². The maximum absolute atomic E-state index is 12.1. The van der Waals surface area contributed by atoms with Gasteiger partial charge in [-0.15, -0.1) is 11.3 Å². The molecule has 0 aliphatic heterocycles. The van der Waals surface area contributed by atoms with Crippen LogP contribution >= 0.6 is 22.9 Å². The van der Waals surface area contributed by atoms with Crippen molar-refractivity contribution in [3.63, 3.8) is 0 Å². The largest absolute Gasteiger partial charge is 0.343 e. The molecule has 6 heteroatoms. The zero-order valence-corrected chi connectivity index (χ0v) is 14.9. The predicted octanol–water partition coefficient (Wildman–Crippen LogP) is 3.41. The molecule has 0 fully saturated rings. The van der Waals surface area contributed by atoms with Gasteiger partial charge in [0.15, 0.2) is 0 Å². The van der Waals surface area contributed by atoms with Gasteiger partial charge in [-0.05, 0) is 38.1 Å². The topological polar surface area (TPSA) is 49.4 Å². The first-order valence-electron chi connectivity index (χ1n) is 7.20. The Hall–Kier alpha value is -1.85. The molecule has 2 amide bonds. The Balaban J connectivity index is 1.89. The third kappa shape index (κ3) is 5.08. The van der Waals surface area contributed by atoms with Crippen molar-refractivity contribution in [2.45, 2.75) is 20.4 Å². The highest BCUT2D eigenvalue weighted by atomic mass is 35.5. The summed E-state index contributed by atoms with van der Waals surface area (Å²) in [5.41, 5.74) is 2.62. The van der Waals surface area contributed by atoms with E-state index in [1.165, 1.54) is 11.3 Å². The van der Waals surface area contributed by atoms with Gasteiger partial charge in [0.25, 0.3) is 5.91 Å². The summed E-state index contributed by atoms with van der Waals surface area (Å²) in [6.45, 7) is 4.33. The van der Waals surface area contributed by atoms with Crippen LogP contribution in [0.15, 0.2) is 30.3 Å².